The first-order valence-corrected chi connectivity index (χ1v) is 11.8. The first kappa shape index (κ1) is 22.9. The molecule has 0 aliphatic carbocycles. The fourth-order valence-electron chi connectivity index (χ4n) is 3.54. The van der Waals surface area contributed by atoms with E-state index in [1.165, 1.54) is 10.5 Å². The van der Waals surface area contributed by atoms with E-state index >= 15 is 0 Å². The van der Waals surface area contributed by atoms with E-state index in [9.17, 15) is 4.79 Å². The van der Waals surface area contributed by atoms with Crippen molar-refractivity contribution in [1.29, 1.82) is 0 Å². The van der Waals surface area contributed by atoms with E-state index in [0.29, 0.717) is 19.6 Å². The van der Waals surface area contributed by atoms with E-state index in [1.807, 2.05) is 18.3 Å². The summed E-state index contributed by atoms with van der Waals surface area (Å²) in [5.41, 5.74) is 4.53. The van der Waals surface area contributed by atoms with Crippen LogP contribution in [-0.2, 0) is 11.3 Å². The van der Waals surface area contributed by atoms with Gasteiger partial charge >= 0.3 is 5.97 Å². The maximum Gasteiger partial charge on any atom is 0.303 e. The van der Waals surface area contributed by atoms with Crippen LogP contribution in [0, 0.1) is 13.8 Å². The van der Waals surface area contributed by atoms with Gasteiger partial charge in [0.1, 0.15) is 11.6 Å². The van der Waals surface area contributed by atoms with E-state index in [-0.39, 0.29) is 6.42 Å². The van der Waals surface area contributed by atoms with Crippen molar-refractivity contribution in [3.05, 3.63) is 65.5 Å². The summed E-state index contributed by atoms with van der Waals surface area (Å²) >= 11 is 1.73. The summed E-state index contributed by atoms with van der Waals surface area (Å²) < 4.78 is 8.34. The fourth-order valence-corrected chi connectivity index (χ4v) is 3.95. The fraction of sp³-hybridized carbons (Fsp3) is 0.360. The lowest BCUT2D eigenvalue weighted by Gasteiger charge is -2.17. The standard InChI is InChI=1S/C25H30N2O3S/c1-18-8-7-9-23(30-15-6-4-5-10-24(28)29)22(18)17-27-19(2)16-26-25(27)20-11-13-21(31-3)14-12-20/h7-9,11-14,16H,4-6,10,15,17H2,1-3H3,(H,28,29). The topological polar surface area (TPSA) is 64.4 Å². The Morgan fingerprint density at radius 2 is 1.87 bits per heavy atom. The van der Waals surface area contributed by atoms with Crippen LogP contribution in [0.25, 0.3) is 11.4 Å². The number of ether oxygens (including phenoxy) is 1. The van der Waals surface area contributed by atoms with Crippen LogP contribution in [-0.4, -0.2) is 33.5 Å². The number of aromatic nitrogens is 2. The van der Waals surface area contributed by atoms with E-state index in [1.54, 1.807) is 11.8 Å². The second-order valence-corrected chi connectivity index (χ2v) is 8.52. The molecular formula is C25H30N2O3S. The molecule has 0 aliphatic rings. The Kier molecular flexibility index (Phi) is 8.18. The van der Waals surface area contributed by atoms with E-state index in [2.05, 4.69) is 60.0 Å². The molecule has 6 heteroatoms. The van der Waals surface area contributed by atoms with Crippen LogP contribution in [0.5, 0.6) is 5.75 Å². The average Bonchev–Trinajstić information content (AvgIpc) is 3.12. The van der Waals surface area contributed by atoms with Crippen LogP contribution in [0.15, 0.2) is 53.6 Å². The van der Waals surface area contributed by atoms with Crippen molar-refractivity contribution >= 4 is 17.7 Å². The molecule has 0 fully saturated rings. The van der Waals surface area contributed by atoms with Gasteiger partial charge in [-0.1, -0.05) is 24.3 Å². The number of hydrogen-bond acceptors (Lipinski definition) is 4. The SMILES string of the molecule is CSc1ccc(-c2ncc(C)n2Cc2c(C)cccc2OCCCCCC(=O)O)cc1. The number of carboxylic acids is 1. The van der Waals surface area contributed by atoms with Gasteiger partial charge in [0.15, 0.2) is 0 Å². The second-order valence-electron chi connectivity index (χ2n) is 7.64. The van der Waals surface area contributed by atoms with Gasteiger partial charge in [-0.05, 0) is 63.1 Å². The molecule has 0 spiro atoms. The molecular weight excluding hydrogens is 408 g/mol. The molecule has 1 aromatic heterocycles. The molecule has 31 heavy (non-hydrogen) atoms. The summed E-state index contributed by atoms with van der Waals surface area (Å²) in [7, 11) is 0. The number of hydrogen-bond donors (Lipinski definition) is 1. The number of rotatable bonds is 11. The van der Waals surface area contributed by atoms with Crippen LogP contribution < -0.4 is 4.74 Å². The molecule has 0 saturated heterocycles. The third kappa shape index (κ3) is 6.14. The van der Waals surface area contributed by atoms with Crippen molar-refractivity contribution in [3.8, 4) is 17.1 Å². The Morgan fingerprint density at radius 3 is 2.58 bits per heavy atom. The number of unbranched alkanes of at least 4 members (excludes halogenated alkanes) is 2. The molecule has 1 heterocycles. The van der Waals surface area contributed by atoms with Crippen LogP contribution >= 0.6 is 11.8 Å². The van der Waals surface area contributed by atoms with Gasteiger partial charge in [0.25, 0.3) is 0 Å². The largest absolute Gasteiger partial charge is 0.493 e. The van der Waals surface area contributed by atoms with Crippen molar-refractivity contribution in [2.45, 2.75) is 51.0 Å². The zero-order valence-corrected chi connectivity index (χ0v) is 19.2. The highest BCUT2D eigenvalue weighted by molar-refractivity contribution is 7.98. The summed E-state index contributed by atoms with van der Waals surface area (Å²) in [6.45, 7) is 5.46. The minimum atomic E-state index is -0.739. The molecule has 0 amide bonds. The van der Waals surface area contributed by atoms with Crippen LogP contribution in [0.4, 0.5) is 0 Å². The summed E-state index contributed by atoms with van der Waals surface area (Å²) in [5, 5.41) is 8.75. The van der Waals surface area contributed by atoms with Crippen LogP contribution in [0.1, 0.15) is 42.5 Å². The number of thioether (sulfide) groups is 1. The molecule has 164 valence electrons. The van der Waals surface area contributed by atoms with Crippen LogP contribution in [0.3, 0.4) is 0 Å². The maximum absolute atomic E-state index is 10.6. The minimum absolute atomic E-state index is 0.219. The van der Waals surface area contributed by atoms with Gasteiger partial charge in [0, 0.05) is 34.3 Å². The van der Waals surface area contributed by atoms with Crippen molar-refractivity contribution in [2.24, 2.45) is 0 Å². The van der Waals surface area contributed by atoms with Crippen LogP contribution in [0.2, 0.25) is 0 Å². The summed E-state index contributed by atoms with van der Waals surface area (Å²) in [6, 6.07) is 14.6. The highest BCUT2D eigenvalue weighted by Crippen LogP contribution is 2.28. The first-order valence-electron chi connectivity index (χ1n) is 10.6. The molecule has 3 rings (SSSR count). The summed E-state index contributed by atoms with van der Waals surface area (Å²) in [4.78, 5) is 16.5. The number of aryl methyl sites for hydroxylation is 2. The number of carbonyl (C=O) groups is 1. The smallest absolute Gasteiger partial charge is 0.303 e. The monoisotopic (exact) mass is 438 g/mol. The molecule has 0 aliphatic heterocycles. The van der Waals surface area contributed by atoms with Gasteiger partial charge in [-0.3, -0.25) is 4.79 Å². The molecule has 2 aromatic carbocycles. The quantitative estimate of drug-likeness (QED) is 0.295. The lowest BCUT2D eigenvalue weighted by atomic mass is 10.1. The van der Waals surface area contributed by atoms with E-state index < -0.39 is 5.97 Å². The molecule has 0 radical (unpaired) electrons. The molecule has 1 N–H and O–H groups in total. The number of carboxylic acid groups (broad SMARTS) is 1. The number of aliphatic carboxylic acids is 1. The third-order valence-corrected chi connectivity index (χ3v) is 6.12. The molecule has 3 aromatic rings. The Morgan fingerprint density at radius 1 is 1.10 bits per heavy atom. The van der Waals surface area contributed by atoms with Gasteiger partial charge in [0.05, 0.1) is 13.2 Å². The number of nitrogens with zero attached hydrogens (tertiary/aromatic N) is 2. The van der Waals surface area contributed by atoms with Gasteiger partial charge in [-0.25, -0.2) is 4.98 Å². The van der Waals surface area contributed by atoms with Crippen molar-refractivity contribution in [3.63, 3.8) is 0 Å². The van der Waals surface area contributed by atoms with E-state index in [0.717, 1.165) is 41.2 Å². The van der Waals surface area contributed by atoms with Crippen molar-refractivity contribution in [2.75, 3.05) is 12.9 Å². The Balaban J connectivity index is 1.75. The van der Waals surface area contributed by atoms with Gasteiger partial charge in [-0.15, -0.1) is 11.8 Å². The van der Waals surface area contributed by atoms with Crippen molar-refractivity contribution < 1.29 is 14.6 Å². The van der Waals surface area contributed by atoms with E-state index in [4.69, 9.17) is 9.84 Å². The third-order valence-electron chi connectivity index (χ3n) is 5.38. The Labute approximate surface area is 188 Å². The predicted molar refractivity (Wildman–Crippen MR) is 126 cm³/mol. The Hall–Kier alpha value is -2.73. The van der Waals surface area contributed by atoms with Crippen molar-refractivity contribution in [1.82, 2.24) is 9.55 Å². The molecule has 0 saturated carbocycles. The summed E-state index contributed by atoms with van der Waals surface area (Å²) in [6.07, 6.45) is 6.59. The lowest BCUT2D eigenvalue weighted by Crippen LogP contribution is -2.09. The Bertz CT molecular complexity index is 1010. The van der Waals surface area contributed by atoms with Gasteiger partial charge < -0.3 is 14.4 Å². The maximum atomic E-state index is 10.6. The number of imidazole rings is 1. The summed E-state index contributed by atoms with van der Waals surface area (Å²) in [5.74, 6) is 1.10. The van der Waals surface area contributed by atoms with Gasteiger partial charge in [0.2, 0.25) is 0 Å². The molecule has 0 bridgehead atoms. The van der Waals surface area contributed by atoms with Gasteiger partial charge in [-0.2, -0.15) is 0 Å². The highest BCUT2D eigenvalue weighted by atomic mass is 32.2. The average molecular weight is 439 g/mol. The molecule has 0 atom stereocenters. The zero-order chi connectivity index (χ0) is 22.2. The highest BCUT2D eigenvalue weighted by Gasteiger charge is 2.14. The normalized spacial score (nSPS) is 10.9. The first-order chi connectivity index (χ1) is 15.0. The minimum Gasteiger partial charge on any atom is -0.493 e. The lowest BCUT2D eigenvalue weighted by molar-refractivity contribution is -0.137. The molecule has 5 nitrogen and oxygen atoms in total. The second kappa shape index (κ2) is 11.0. The molecule has 0 unspecified atom stereocenters. The zero-order valence-electron chi connectivity index (χ0n) is 18.4. The predicted octanol–water partition coefficient (Wildman–Crippen LogP) is 5.96. The number of benzene rings is 2.